The number of rotatable bonds is 13. The number of fused-ring (bicyclic) bond motifs is 1. The number of carbonyl (C=O) groups excluding carboxylic acids is 3. The maximum Gasteiger partial charge on any atom is 0.310 e. The van der Waals surface area contributed by atoms with E-state index in [0.717, 1.165) is 19.3 Å². The molecule has 0 saturated carbocycles. The van der Waals surface area contributed by atoms with Crippen LogP contribution in [0.25, 0.3) is 0 Å². The predicted molar refractivity (Wildman–Crippen MR) is 142 cm³/mol. The standard InChI is InChI=1S/C26H39BrN2O5S/c1-6-9-10-13-34-25(33)19-20-23(31)29(17(5)15-30)22(26(20)14-18(27)21(19)35-26)24(32)28(12-8-3)16(4)11-7-2/h6,8,16-22,30H,1,3,7,9-15H2,2,4-5H3/t16?,17-,18?,19+,20+,21+,22?,26?/m1/s1. The van der Waals surface area contributed by atoms with Crippen molar-refractivity contribution < 1.29 is 24.2 Å². The lowest BCUT2D eigenvalue weighted by molar-refractivity contribution is -0.154. The third-order valence-corrected chi connectivity index (χ3v) is 10.8. The van der Waals surface area contributed by atoms with Crippen molar-refractivity contribution in [3.63, 3.8) is 0 Å². The molecule has 0 radical (unpaired) electrons. The quantitative estimate of drug-likeness (QED) is 0.158. The van der Waals surface area contributed by atoms with Crippen molar-refractivity contribution >= 4 is 45.5 Å². The van der Waals surface area contributed by atoms with Gasteiger partial charge in [-0.2, -0.15) is 0 Å². The van der Waals surface area contributed by atoms with E-state index in [-0.39, 0.29) is 47.1 Å². The summed E-state index contributed by atoms with van der Waals surface area (Å²) in [4.78, 5) is 44.8. The minimum absolute atomic E-state index is 0.0112. The molecule has 3 rings (SSSR count). The fourth-order valence-corrected chi connectivity index (χ4v) is 9.61. The van der Waals surface area contributed by atoms with Gasteiger partial charge in [-0.3, -0.25) is 14.4 Å². The zero-order valence-electron chi connectivity index (χ0n) is 21.0. The Kier molecular flexibility index (Phi) is 9.54. The summed E-state index contributed by atoms with van der Waals surface area (Å²) in [6, 6.07) is -1.31. The molecular formula is C26H39BrN2O5S. The number of aliphatic hydroxyl groups is 1. The Bertz CT molecular complexity index is 841. The highest BCUT2D eigenvalue weighted by Crippen LogP contribution is 2.68. The van der Waals surface area contributed by atoms with E-state index in [9.17, 15) is 19.5 Å². The number of aliphatic hydroxyl groups excluding tert-OH is 1. The Balaban J connectivity index is 2.00. The van der Waals surface area contributed by atoms with Crippen LogP contribution in [0.2, 0.25) is 0 Å². The van der Waals surface area contributed by atoms with Crippen molar-refractivity contribution in [2.24, 2.45) is 11.8 Å². The van der Waals surface area contributed by atoms with E-state index < -0.39 is 28.7 Å². The van der Waals surface area contributed by atoms with Crippen molar-refractivity contribution in [2.45, 2.75) is 85.8 Å². The summed E-state index contributed by atoms with van der Waals surface area (Å²) in [6.07, 6.45) is 7.29. The van der Waals surface area contributed by atoms with Gasteiger partial charge in [-0.05, 0) is 39.5 Å². The molecule has 8 atom stereocenters. The van der Waals surface area contributed by atoms with Gasteiger partial charge < -0.3 is 19.6 Å². The van der Waals surface area contributed by atoms with E-state index in [1.165, 1.54) is 0 Å². The fraction of sp³-hybridized carbons (Fsp3) is 0.731. The van der Waals surface area contributed by atoms with Gasteiger partial charge in [0.1, 0.15) is 6.04 Å². The minimum atomic E-state index is -0.755. The van der Waals surface area contributed by atoms with Crippen LogP contribution in [0, 0.1) is 11.8 Å². The van der Waals surface area contributed by atoms with E-state index in [1.807, 2.05) is 6.92 Å². The molecule has 0 aromatic carbocycles. The zero-order chi connectivity index (χ0) is 25.9. The van der Waals surface area contributed by atoms with Crippen LogP contribution in [0.5, 0.6) is 0 Å². The Morgan fingerprint density at radius 2 is 2.09 bits per heavy atom. The lowest BCUT2D eigenvalue weighted by Crippen LogP contribution is -2.58. The number of amides is 2. The average Bonchev–Trinajstić information content (AvgIpc) is 3.42. The number of alkyl halides is 1. The maximum atomic E-state index is 14.2. The molecule has 3 saturated heterocycles. The summed E-state index contributed by atoms with van der Waals surface area (Å²) in [5.41, 5.74) is 0. The average molecular weight is 572 g/mol. The molecule has 3 aliphatic rings. The molecule has 35 heavy (non-hydrogen) atoms. The molecule has 0 aliphatic carbocycles. The molecule has 1 N–H and O–H groups in total. The third kappa shape index (κ3) is 4.97. The normalized spacial score (nSPS) is 32.8. The van der Waals surface area contributed by atoms with E-state index in [4.69, 9.17) is 4.74 Å². The Labute approximate surface area is 221 Å². The molecule has 3 aliphatic heterocycles. The van der Waals surface area contributed by atoms with Crippen molar-refractivity contribution in [1.29, 1.82) is 0 Å². The summed E-state index contributed by atoms with van der Waals surface area (Å²) < 4.78 is 4.86. The van der Waals surface area contributed by atoms with Crippen LogP contribution in [-0.4, -0.2) is 85.4 Å². The van der Waals surface area contributed by atoms with Gasteiger partial charge in [0.2, 0.25) is 11.8 Å². The number of carbonyl (C=O) groups is 3. The van der Waals surface area contributed by atoms with Crippen molar-refractivity contribution in [1.82, 2.24) is 9.80 Å². The number of nitrogens with zero attached hydrogens (tertiary/aromatic N) is 2. The topological polar surface area (TPSA) is 87.1 Å². The number of thioether (sulfide) groups is 1. The molecule has 0 aromatic heterocycles. The Morgan fingerprint density at radius 1 is 1.37 bits per heavy atom. The zero-order valence-corrected chi connectivity index (χ0v) is 23.4. The van der Waals surface area contributed by atoms with E-state index in [0.29, 0.717) is 19.4 Å². The van der Waals surface area contributed by atoms with E-state index in [2.05, 4.69) is 36.0 Å². The molecule has 1 spiro atoms. The molecule has 3 heterocycles. The van der Waals surface area contributed by atoms with E-state index >= 15 is 0 Å². The van der Waals surface area contributed by atoms with Gasteiger partial charge in [0.05, 0.1) is 35.8 Å². The fourth-order valence-electron chi connectivity index (χ4n) is 6.03. The van der Waals surface area contributed by atoms with Gasteiger partial charge in [0, 0.05) is 22.7 Å². The molecule has 3 fully saturated rings. The second-order valence-electron chi connectivity index (χ2n) is 9.96. The number of hydrogen-bond donors (Lipinski definition) is 1. The summed E-state index contributed by atoms with van der Waals surface area (Å²) in [5, 5.41) is 9.88. The number of allylic oxidation sites excluding steroid dienone is 1. The van der Waals surface area contributed by atoms with Gasteiger partial charge >= 0.3 is 5.97 Å². The second kappa shape index (κ2) is 11.8. The summed E-state index contributed by atoms with van der Waals surface area (Å²) >= 11 is 5.35. The highest BCUT2D eigenvalue weighted by molar-refractivity contribution is 9.09. The van der Waals surface area contributed by atoms with Crippen LogP contribution in [0.1, 0.15) is 52.9 Å². The lowest BCUT2D eigenvalue weighted by Gasteiger charge is -2.40. The van der Waals surface area contributed by atoms with Crippen molar-refractivity contribution in [2.75, 3.05) is 19.8 Å². The van der Waals surface area contributed by atoms with Crippen LogP contribution in [0.3, 0.4) is 0 Å². The number of esters is 1. The molecule has 7 nitrogen and oxygen atoms in total. The number of unbranched alkanes of at least 4 members (excludes halogenated alkanes) is 1. The number of hydrogen-bond acceptors (Lipinski definition) is 6. The minimum Gasteiger partial charge on any atom is -0.465 e. The summed E-state index contributed by atoms with van der Waals surface area (Å²) in [7, 11) is 0. The second-order valence-corrected chi connectivity index (χ2v) is 12.7. The number of halogens is 1. The SMILES string of the molecule is C=CCCCOC(=O)[C@H]1[C@H]2C(=O)N([C@H](C)CO)C(C(=O)N(CC=C)C(C)CCC)C23CC(Br)[C@@H]1S3. The first-order valence-corrected chi connectivity index (χ1v) is 14.4. The van der Waals surface area contributed by atoms with Gasteiger partial charge in [-0.25, -0.2) is 0 Å². The Morgan fingerprint density at radius 3 is 2.69 bits per heavy atom. The monoisotopic (exact) mass is 570 g/mol. The molecule has 196 valence electrons. The maximum absolute atomic E-state index is 14.2. The molecule has 2 amide bonds. The summed E-state index contributed by atoms with van der Waals surface area (Å²) in [6.45, 7) is 13.8. The molecular weight excluding hydrogens is 532 g/mol. The molecule has 0 aromatic rings. The highest BCUT2D eigenvalue weighted by atomic mass is 79.9. The first-order valence-electron chi connectivity index (χ1n) is 12.6. The van der Waals surface area contributed by atoms with Gasteiger partial charge in [-0.15, -0.1) is 24.9 Å². The molecule has 9 heteroatoms. The van der Waals surface area contributed by atoms with Crippen LogP contribution < -0.4 is 0 Å². The van der Waals surface area contributed by atoms with Gasteiger partial charge in [0.15, 0.2) is 0 Å². The smallest absolute Gasteiger partial charge is 0.310 e. The van der Waals surface area contributed by atoms with Crippen LogP contribution in [0.4, 0.5) is 0 Å². The van der Waals surface area contributed by atoms with E-state index in [1.54, 1.807) is 40.6 Å². The number of ether oxygens (including phenoxy) is 1. The van der Waals surface area contributed by atoms with Gasteiger partial charge in [-0.1, -0.05) is 41.4 Å². The highest BCUT2D eigenvalue weighted by Gasteiger charge is 2.76. The predicted octanol–water partition coefficient (Wildman–Crippen LogP) is 3.54. The molecule has 4 unspecified atom stereocenters. The van der Waals surface area contributed by atoms with Gasteiger partial charge in [0.25, 0.3) is 0 Å². The van der Waals surface area contributed by atoms with Crippen LogP contribution >= 0.6 is 27.7 Å². The van der Waals surface area contributed by atoms with Crippen molar-refractivity contribution in [3.05, 3.63) is 25.3 Å². The molecule has 2 bridgehead atoms. The Hall–Kier alpha value is -1.32. The van der Waals surface area contributed by atoms with Crippen LogP contribution in [0.15, 0.2) is 25.3 Å². The number of likely N-dealkylation sites (tertiary alicyclic amines) is 1. The lowest BCUT2D eigenvalue weighted by atomic mass is 9.71. The largest absolute Gasteiger partial charge is 0.465 e. The third-order valence-electron chi connectivity index (χ3n) is 7.62. The first kappa shape index (κ1) is 28.3. The first-order chi connectivity index (χ1) is 16.7. The van der Waals surface area contributed by atoms with Crippen molar-refractivity contribution in [3.8, 4) is 0 Å². The summed E-state index contributed by atoms with van der Waals surface area (Å²) in [5.74, 6) is -2.00. The van der Waals surface area contributed by atoms with Crippen LogP contribution in [-0.2, 0) is 19.1 Å².